The van der Waals surface area contributed by atoms with Crippen LogP contribution in [0.2, 0.25) is 0 Å². The van der Waals surface area contributed by atoms with Crippen LogP contribution in [0, 0.1) is 13.8 Å². The molecular formula is C6H10BN2. The summed E-state index contributed by atoms with van der Waals surface area (Å²) in [5.41, 5.74) is 2.31. The summed E-state index contributed by atoms with van der Waals surface area (Å²) in [6, 6.07) is 0. The van der Waals surface area contributed by atoms with Crippen molar-refractivity contribution in [3.63, 3.8) is 0 Å². The van der Waals surface area contributed by atoms with Crippen LogP contribution >= 0.6 is 0 Å². The average Bonchev–Trinajstić information content (AvgIpc) is 1.98. The maximum Gasteiger partial charge on any atom is 0.189 e. The van der Waals surface area contributed by atoms with E-state index in [2.05, 4.69) is 0 Å². The van der Waals surface area contributed by atoms with Crippen molar-refractivity contribution in [1.82, 2.24) is 4.57 Å². The second kappa shape index (κ2) is 1.90. The van der Waals surface area contributed by atoms with E-state index in [0.29, 0.717) is 0 Å². The minimum Gasteiger partial charge on any atom is -0.533 e. The fourth-order valence-electron chi connectivity index (χ4n) is 0.802. The van der Waals surface area contributed by atoms with Crippen LogP contribution in [0.25, 0.3) is 0 Å². The lowest BCUT2D eigenvalue weighted by Crippen LogP contribution is -2.31. The Balaban J connectivity index is 3.29. The third-order valence-electron chi connectivity index (χ3n) is 1.74. The molecule has 3 heteroatoms. The SMILES string of the molecule is [B-][n+]1cn(C)c(C)c1C. The number of imidazole rings is 1. The zero-order valence-electron chi connectivity index (χ0n) is 6.05. The smallest absolute Gasteiger partial charge is 0.189 e. The van der Waals surface area contributed by atoms with Gasteiger partial charge in [-0.05, 0) is 6.92 Å². The van der Waals surface area contributed by atoms with E-state index in [1.165, 1.54) is 5.69 Å². The van der Waals surface area contributed by atoms with Crippen molar-refractivity contribution >= 4 is 7.98 Å². The molecule has 0 aromatic carbocycles. The first-order valence-electron chi connectivity index (χ1n) is 2.92. The Kier molecular flexibility index (Phi) is 1.35. The molecule has 0 saturated carbocycles. The number of aromatic nitrogens is 2. The lowest BCUT2D eigenvalue weighted by molar-refractivity contribution is -0.528. The molecule has 1 rings (SSSR count). The Bertz CT molecular complexity index is 205. The summed E-state index contributed by atoms with van der Waals surface area (Å²) < 4.78 is 3.62. The van der Waals surface area contributed by atoms with Gasteiger partial charge in [0.1, 0.15) is 5.69 Å². The van der Waals surface area contributed by atoms with Crippen LogP contribution in [0.1, 0.15) is 11.4 Å². The Morgan fingerprint density at radius 3 is 2.22 bits per heavy atom. The molecule has 9 heavy (non-hydrogen) atoms. The van der Waals surface area contributed by atoms with Crippen molar-refractivity contribution in [3.05, 3.63) is 17.7 Å². The maximum atomic E-state index is 5.54. The number of nitrogens with zero attached hydrogens (tertiary/aromatic N) is 2. The normalized spacial score (nSPS) is 10.2. The molecule has 1 aromatic heterocycles. The average molecular weight is 121 g/mol. The zero-order chi connectivity index (χ0) is 7.02. The van der Waals surface area contributed by atoms with Crippen LogP contribution in [0.3, 0.4) is 0 Å². The van der Waals surface area contributed by atoms with Gasteiger partial charge in [0.2, 0.25) is 0 Å². The van der Waals surface area contributed by atoms with Crippen LogP contribution in [0.15, 0.2) is 6.33 Å². The first-order valence-corrected chi connectivity index (χ1v) is 2.92. The predicted molar refractivity (Wildman–Crippen MR) is 36.2 cm³/mol. The molecule has 0 aliphatic carbocycles. The summed E-state index contributed by atoms with van der Waals surface area (Å²) in [5, 5.41) is 0. The number of rotatable bonds is 0. The predicted octanol–water partition coefficient (Wildman–Crippen LogP) is -0.139. The van der Waals surface area contributed by atoms with Crippen LogP contribution in [-0.2, 0) is 7.05 Å². The van der Waals surface area contributed by atoms with Crippen molar-refractivity contribution in [1.29, 1.82) is 0 Å². The lowest BCUT2D eigenvalue weighted by atomic mass is 10.3. The van der Waals surface area contributed by atoms with Crippen molar-refractivity contribution < 1.29 is 4.48 Å². The van der Waals surface area contributed by atoms with Gasteiger partial charge in [0.05, 0.1) is 12.7 Å². The van der Waals surface area contributed by atoms with Gasteiger partial charge in [0.25, 0.3) is 0 Å². The summed E-state index contributed by atoms with van der Waals surface area (Å²) in [7, 11) is 7.52. The maximum absolute atomic E-state index is 5.54. The summed E-state index contributed by atoms with van der Waals surface area (Å²) in [5.74, 6) is 0. The van der Waals surface area contributed by atoms with Gasteiger partial charge in [-0.3, -0.25) is 7.98 Å². The van der Waals surface area contributed by atoms with Crippen LogP contribution in [-0.4, -0.2) is 12.5 Å². The van der Waals surface area contributed by atoms with E-state index in [1.807, 2.05) is 31.8 Å². The zero-order valence-corrected chi connectivity index (χ0v) is 6.05. The molecular weight excluding hydrogens is 111 g/mol. The summed E-state index contributed by atoms with van der Waals surface area (Å²) in [6.07, 6.45) is 1.85. The minimum atomic E-state index is 1.11. The van der Waals surface area contributed by atoms with Crippen LogP contribution < -0.4 is 4.48 Å². The molecule has 0 amide bonds. The van der Waals surface area contributed by atoms with E-state index in [0.717, 1.165) is 5.69 Å². The molecule has 0 bridgehead atoms. The standard InChI is InChI=1S/C6H10BN2/c1-5-6(2)9(7)4-8(5)3/h4H,1-3H3. The van der Waals surface area contributed by atoms with Gasteiger partial charge in [0, 0.05) is 6.92 Å². The minimum absolute atomic E-state index is 1.11. The van der Waals surface area contributed by atoms with Crippen LogP contribution in [0.5, 0.6) is 0 Å². The van der Waals surface area contributed by atoms with E-state index in [4.69, 9.17) is 7.98 Å². The molecule has 47 valence electrons. The fraction of sp³-hybridized carbons (Fsp3) is 0.500. The number of hydrogen-bond acceptors (Lipinski definition) is 0. The van der Waals surface area contributed by atoms with E-state index >= 15 is 0 Å². The molecule has 0 spiro atoms. The molecule has 0 saturated heterocycles. The van der Waals surface area contributed by atoms with Gasteiger partial charge in [-0.25, -0.2) is 4.57 Å². The first kappa shape index (κ1) is 6.40. The Morgan fingerprint density at radius 2 is 2.11 bits per heavy atom. The molecule has 0 N–H and O–H groups in total. The van der Waals surface area contributed by atoms with E-state index in [1.54, 1.807) is 4.48 Å². The summed E-state index contributed by atoms with van der Waals surface area (Å²) >= 11 is 0. The van der Waals surface area contributed by atoms with E-state index < -0.39 is 0 Å². The molecule has 1 aromatic rings. The van der Waals surface area contributed by atoms with Gasteiger partial charge in [0.15, 0.2) is 6.33 Å². The quantitative estimate of drug-likeness (QED) is 0.422. The number of aryl methyl sites for hydroxylation is 1. The van der Waals surface area contributed by atoms with Crippen molar-refractivity contribution in [2.75, 3.05) is 0 Å². The third kappa shape index (κ3) is 0.868. The first-order chi connectivity index (χ1) is 4.13. The van der Waals surface area contributed by atoms with Crippen molar-refractivity contribution in [3.8, 4) is 0 Å². The largest absolute Gasteiger partial charge is 0.533 e. The van der Waals surface area contributed by atoms with Gasteiger partial charge >= 0.3 is 0 Å². The molecule has 0 unspecified atom stereocenters. The van der Waals surface area contributed by atoms with Crippen molar-refractivity contribution in [2.24, 2.45) is 7.05 Å². The number of hydrogen-bond donors (Lipinski definition) is 0. The highest BCUT2D eigenvalue weighted by Gasteiger charge is 2.01. The molecule has 0 fully saturated rings. The van der Waals surface area contributed by atoms with Gasteiger partial charge < -0.3 is 4.48 Å². The highest BCUT2D eigenvalue weighted by Crippen LogP contribution is 1.97. The Morgan fingerprint density at radius 1 is 1.56 bits per heavy atom. The Labute approximate surface area is 56.5 Å². The van der Waals surface area contributed by atoms with Gasteiger partial charge in [-0.1, -0.05) is 0 Å². The second-order valence-electron chi connectivity index (χ2n) is 2.30. The van der Waals surface area contributed by atoms with Gasteiger partial charge in [-0.15, -0.1) is 0 Å². The third-order valence-corrected chi connectivity index (χ3v) is 1.74. The molecule has 3 radical (unpaired) electrons. The van der Waals surface area contributed by atoms with Crippen LogP contribution in [0.4, 0.5) is 0 Å². The highest BCUT2D eigenvalue weighted by atomic mass is 15.1. The van der Waals surface area contributed by atoms with E-state index in [-0.39, 0.29) is 0 Å². The lowest BCUT2D eigenvalue weighted by Gasteiger charge is -1.99. The second-order valence-corrected chi connectivity index (χ2v) is 2.30. The fourth-order valence-corrected chi connectivity index (χ4v) is 0.802. The summed E-state index contributed by atoms with van der Waals surface area (Å²) in [4.78, 5) is 0. The molecule has 0 atom stereocenters. The summed E-state index contributed by atoms with van der Waals surface area (Å²) in [6.45, 7) is 4.04. The monoisotopic (exact) mass is 121 g/mol. The molecule has 1 heterocycles. The Hall–Kier alpha value is -0.725. The molecule has 0 aliphatic rings. The molecule has 2 nitrogen and oxygen atoms in total. The van der Waals surface area contributed by atoms with E-state index in [9.17, 15) is 0 Å². The highest BCUT2D eigenvalue weighted by molar-refractivity contribution is 5.94. The van der Waals surface area contributed by atoms with Gasteiger partial charge in [-0.2, -0.15) is 0 Å². The topological polar surface area (TPSA) is 8.81 Å². The molecule has 0 aliphatic heterocycles. The van der Waals surface area contributed by atoms with Crippen molar-refractivity contribution in [2.45, 2.75) is 13.8 Å².